The van der Waals surface area contributed by atoms with E-state index in [0.717, 1.165) is 44.8 Å². The number of piperazine rings is 1. The third-order valence-electron chi connectivity index (χ3n) is 5.97. The fraction of sp³-hybridized carbons (Fsp3) is 0.458. The van der Waals surface area contributed by atoms with Gasteiger partial charge in [-0.15, -0.1) is 0 Å². The Bertz CT molecular complexity index is 786. The second-order valence-corrected chi connectivity index (χ2v) is 8.17. The van der Waals surface area contributed by atoms with Gasteiger partial charge in [-0.25, -0.2) is 0 Å². The third kappa shape index (κ3) is 5.58. The number of benzene rings is 2. The van der Waals surface area contributed by atoms with Crippen molar-refractivity contribution in [2.75, 3.05) is 46.4 Å². The Balaban J connectivity index is 1.17. The van der Waals surface area contributed by atoms with Crippen LogP contribution in [0, 0.1) is 0 Å². The van der Waals surface area contributed by atoms with Crippen molar-refractivity contribution in [1.29, 1.82) is 0 Å². The van der Waals surface area contributed by atoms with Crippen molar-refractivity contribution in [3.05, 3.63) is 65.7 Å². The number of likely N-dealkylation sites (N-methyl/N-ethyl adjacent to an activating group) is 1. The molecule has 1 N–H and O–H groups in total. The Morgan fingerprint density at radius 2 is 1.76 bits per heavy atom. The number of nitrogens with one attached hydrogen (secondary N) is 1. The molecule has 1 unspecified atom stereocenters. The average molecular weight is 394 g/mol. The lowest BCUT2D eigenvalue weighted by atomic mass is 10.1. The minimum absolute atomic E-state index is 0.228. The summed E-state index contributed by atoms with van der Waals surface area (Å²) in [4.78, 5) is 16.6. The average Bonchev–Trinajstić information content (AvgIpc) is 3.53. The first-order chi connectivity index (χ1) is 14.2. The molecule has 5 nitrogen and oxygen atoms in total. The van der Waals surface area contributed by atoms with Crippen LogP contribution in [-0.2, 0) is 11.2 Å². The molecule has 2 atom stereocenters. The highest BCUT2D eigenvalue weighted by Gasteiger charge is 2.38. The van der Waals surface area contributed by atoms with E-state index in [9.17, 15) is 4.79 Å². The molecule has 29 heavy (non-hydrogen) atoms. The summed E-state index contributed by atoms with van der Waals surface area (Å²) in [7, 11) is 2.11. The molecule has 1 saturated heterocycles. The van der Waals surface area contributed by atoms with Crippen LogP contribution in [0.3, 0.4) is 0 Å². The van der Waals surface area contributed by atoms with Crippen LogP contribution in [0.4, 0.5) is 0 Å². The first kappa shape index (κ1) is 19.9. The monoisotopic (exact) mass is 393 g/mol. The van der Waals surface area contributed by atoms with Crippen LogP contribution in [0.15, 0.2) is 54.6 Å². The fourth-order valence-corrected chi connectivity index (χ4v) is 3.92. The summed E-state index contributed by atoms with van der Waals surface area (Å²) >= 11 is 0. The number of amides is 1. The molecule has 1 aliphatic heterocycles. The predicted molar refractivity (Wildman–Crippen MR) is 115 cm³/mol. The molecule has 0 radical (unpaired) electrons. The van der Waals surface area contributed by atoms with Gasteiger partial charge in [-0.1, -0.05) is 42.5 Å². The Morgan fingerprint density at radius 3 is 2.48 bits per heavy atom. The largest absolute Gasteiger partial charge is 0.493 e. The van der Waals surface area contributed by atoms with Gasteiger partial charge >= 0.3 is 0 Å². The zero-order valence-electron chi connectivity index (χ0n) is 17.2. The van der Waals surface area contributed by atoms with Crippen LogP contribution >= 0.6 is 0 Å². The standard InChI is InChI=1S/C24H31N3O2/c1-26-12-14-27(15-13-26)24(28)18-25-23-17-22(23)20-7-9-21(10-8-20)29-16-11-19-5-3-2-4-6-19/h2-10,22-23,25H,11-18H2,1H3/t22?,23-/m0/s1. The summed E-state index contributed by atoms with van der Waals surface area (Å²) < 4.78 is 5.88. The third-order valence-corrected chi connectivity index (χ3v) is 5.97. The van der Waals surface area contributed by atoms with Gasteiger partial charge < -0.3 is 19.9 Å². The summed E-state index contributed by atoms with van der Waals surface area (Å²) in [5.74, 6) is 1.65. The highest BCUT2D eigenvalue weighted by atomic mass is 16.5. The molecule has 2 aliphatic rings. The zero-order valence-corrected chi connectivity index (χ0v) is 17.2. The van der Waals surface area contributed by atoms with Crippen LogP contribution < -0.4 is 10.1 Å². The molecular formula is C24H31N3O2. The van der Waals surface area contributed by atoms with Gasteiger partial charge in [-0.2, -0.15) is 0 Å². The summed E-state index contributed by atoms with van der Waals surface area (Å²) in [6, 6.07) is 19.3. The Labute approximate surface area is 173 Å². The van der Waals surface area contributed by atoms with Crippen molar-refractivity contribution >= 4 is 5.91 Å². The number of rotatable bonds is 8. The van der Waals surface area contributed by atoms with Gasteiger partial charge in [0.1, 0.15) is 5.75 Å². The number of ether oxygens (including phenoxy) is 1. The fourth-order valence-electron chi connectivity index (χ4n) is 3.92. The Morgan fingerprint density at radius 1 is 1.03 bits per heavy atom. The Hall–Kier alpha value is -2.37. The molecule has 154 valence electrons. The maximum absolute atomic E-state index is 12.4. The van der Waals surface area contributed by atoms with Crippen molar-refractivity contribution in [3.63, 3.8) is 0 Å². The maximum Gasteiger partial charge on any atom is 0.236 e. The van der Waals surface area contributed by atoms with Gasteiger partial charge in [0.05, 0.1) is 13.2 Å². The van der Waals surface area contributed by atoms with E-state index < -0.39 is 0 Å². The molecule has 1 heterocycles. The van der Waals surface area contributed by atoms with Crippen molar-refractivity contribution in [3.8, 4) is 5.75 Å². The van der Waals surface area contributed by atoms with E-state index in [1.165, 1.54) is 11.1 Å². The second kappa shape index (κ2) is 9.42. The molecular weight excluding hydrogens is 362 g/mol. The van der Waals surface area contributed by atoms with E-state index in [-0.39, 0.29) is 5.91 Å². The summed E-state index contributed by atoms with van der Waals surface area (Å²) in [5.41, 5.74) is 2.62. The second-order valence-electron chi connectivity index (χ2n) is 8.17. The summed E-state index contributed by atoms with van der Waals surface area (Å²) in [6.07, 6.45) is 2.02. The number of nitrogens with zero attached hydrogens (tertiary/aromatic N) is 2. The van der Waals surface area contributed by atoms with Crippen LogP contribution in [0.25, 0.3) is 0 Å². The first-order valence-corrected chi connectivity index (χ1v) is 10.7. The normalized spacial score (nSPS) is 21.8. The lowest BCUT2D eigenvalue weighted by Gasteiger charge is -2.32. The molecule has 5 heteroatoms. The number of hydrogen-bond acceptors (Lipinski definition) is 4. The lowest BCUT2D eigenvalue weighted by molar-refractivity contribution is -0.131. The zero-order chi connectivity index (χ0) is 20.1. The number of hydrogen-bond donors (Lipinski definition) is 1. The van der Waals surface area contributed by atoms with Gasteiger partial charge in [0, 0.05) is 44.6 Å². The molecule has 1 saturated carbocycles. The van der Waals surface area contributed by atoms with Crippen LogP contribution in [-0.4, -0.2) is 68.1 Å². The molecule has 0 bridgehead atoms. The Kier molecular flexibility index (Phi) is 6.47. The molecule has 1 aliphatic carbocycles. The lowest BCUT2D eigenvalue weighted by Crippen LogP contribution is -2.49. The SMILES string of the molecule is CN1CCN(C(=O)CN[C@H]2CC2c2ccc(OCCc3ccccc3)cc2)CC1. The van der Waals surface area contributed by atoms with E-state index in [4.69, 9.17) is 4.74 Å². The molecule has 2 aromatic rings. The van der Waals surface area contributed by atoms with Gasteiger partial charge in [-0.3, -0.25) is 4.79 Å². The maximum atomic E-state index is 12.4. The van der Waals surface area contributed by atoms with E-state index >= 15 is 0 Å². The smallest absolute Gasteiger partial charge is 0.236 e. The highest BCUT2D eigenvalue weighted by Crippen LogP contribution is 2.41. The van der Waals surface area contributed by atoms with E-state index in [2.05, 4.69) is 65.8 Å². The van der Waals surface area contributed by atoms with Crippen molar-refractivity contribution in [2.45, 2.75) is 24.8 Å². The summed E-state index contributed by atoms with van der Waals surface area (Å²) in [6.45, 7) is 4.76. The molecule has 0 spiro atoms. The van der Waals surface area contributed by atoms with E-state index in [0.29, 0.717) is 25.1 Å². The van der Waals surface area contributed by atoms with Gasteiger partial charge in [0.15, 0.2) is 0 Å². The molecule has 2 aromatic carbocycles. The minimum Gasteiger partial charge on any atom is -0.493 e. The van der Waals surface area contributed by atoms with E-state index in [1.54, 1.807) is 0 Å². The number of carbonyl (C=O) groups is 1. The summed E-state index contributed by atoms with van der Waals surface area (Å²) in [5, 5.41) is 3.44. The molecule has 2 fully saturated rings. The van der Waals surface area contributed by atoms with Crippen molar-refractivity contribution in [2.24, 2.45) is 0 Å². The van der Waals surface area contributed by atoms with Crippen LogP contribution in [0.1, 0.15) is 23.5 Å². The van der Waals surface area contributed by atoms with Crippen molar-refractivity contribution < 1.29 is 9.53 Å². The quantitative estimate of drug-likeness (QED) is 0.749. The van der Waals surface area contributed by atoms with Crippen molar-refractivity contribution in [1.82, 2.24) is 15.1 Å². The number of carbonyl (C=O) groups excluding carboxylic acids is 1. The van der Waals surface area contributed by atoms with Gasteiger partial charge in [0.2, 0.25) is 5.91 Å². The topological polar surface area (TPSA) is 44.8 Å². The molecule has 1 amide bonds. The molecule has 0 aromatic heterocycles. The van der Waals surface area contributed by atoms with E-state index in [1.807, 2.05) is 11.0 Å². The van der Waals surface area contributed by atoms with Gasteiger partial charge in [-0.05, 0) is 36.7 Å². The van der Waals surface area contributed by atoms with Gasteiger partial charge in [0.25, 0.3) is 0 Å². The minimum atomic E-state index is 0.228. The highest BCUT2D eigenvalue weighted by molar-refractivity contribution is 5.78. The first-order valence-electron chi connectivity index (χ1n) is 10.7. The van der Waals surface area contributed by atoms with Crippen LogP contribution in [0.5, 0.6) is 5.75 Å². The molecule has 4 rings (SSSR count). The predicted octanol–water partition coefficient (Wildman–Crippen LogP) is 2.53. The van der Waals surface area contributed by atoms with Crippen LogP contribution in [0.2, 0.25) is 0 Å².